The second-order valence-electron chi connectivity index (χ2n) is 4.60. The molecule has 2 amide bonds. The number of carbonyl (C=O) groups excluding carboxylic acids is 2. The highest BCUT2D eigenvalue weighted by Gasteiger charge is 2.12. The molecule has 0 aliphatic carbocycles. The molecule has 0 heterocycles. The summed E-state index contributed by atoms with van der Waals surface area (Å²) in [6.07, 6.45) is 1.51. The Labute approximate surface area is 113 Å². The molecule has 0 saturated heterocycles. The summed E-state index contributed by atoms with van der Waals surface area (Å²) in [6.45, 7) is 5.31. The maximum atomic E-state index is 11.8. The Balaban J connectivity index is 2.79. The SMILES string of the molecule is CCCC(N)C(=O)Nc1ccc(C)c(NC(C)=O)c1. The number of hydrogen-bond donors (Lipinski definition) is 3. The van der Waals surface area contributed by atoms with Crippen molar-refractivity contribution >= 4 is 23.2 Å². The zero-order chi connectivity index (χ0) is 14.4. The van der Waals surface area contributed by atoms with Gasteiger partial charge in [-0.15, -0.1) is 0 Å². The van der Waals surface area contributed by atoms with E-state index in [0.717, 1.165) is 12.0 Å². The molecule has 5 nitrogen and oxygen atoms in total. The van der Waals surface area contributed by atoms with Gasteiger partial charge in [0.2, 0.25) is 11.8 Å². The fourth-order valence-corrected chi connectivity index (χ4v) is 1.70. The molecule has 0 saturated carbocycles. The highest BCUT2D eigenvalue weighted by atomic mass is 16.2. The summed E-state index contributed by atoms with van der Waals surface area (Å²) < 4.78 is 0. The quantitative estimate of drug-likeness (QED) is 0.759. The van der Waals surface area contributed by atoms with Gasteiger partial charge in [-0.2, -0.15) is 0 Å². The van der Waals surface area contributed by atoms with Gasteiger partial charge in [0.25, 0.3) is 0 Å². The molecule has 0 spiro atoms. The zero-order valence-corrected chi connectivity index (χ0v) is 11.6. The Kier molecular flexibility index (Phi) is 5.51. The van der Waals surface area contributed by atoms with Crippen LogP contribution in [-0.4, -0.2) is 17.9 Å². The third-order valence-corrected chi connectivity index (χ3v) is 2.75. The number of carbonyl (C=O) groups is 2. The second kappa shape index (κ2) is 6.89. The maximum Gasteiger partial charge on any atom is 0.241 e. The molecular weight excluding hydrogens is 242 g/mol. The summed E-state index contributed by atoms with van der Waals surface area (Å²) in [4.78, 5) is 22.9. The minimum atomic E-state index is -0.504. The van der Waals surface area contributed by atoms with Crippen LogP contribution in [0.3, 0.4) is 0 Å². The standard InChI is InChI=1S/C14H21N3O2/c1-4-5-12(15)14(19)17-11-7-6-9(2)13(8-11)16-10(3)18/h6-8,12H,4-5,15H2,1-3H3,(H,16,18)(H,17,19). The van der Waals surface area contributed by atoms with E-state index < -0.39 is 6.04 Å². The van der Waals surface area contributed by atoms with Gasteiger partial charge in [0.15, 0.2) is 0 Å². The molecule has 1 rings (SSSR count). The van der Waals surface area contributed by atoms with Crippen LogP contribution in [0.4, 0.5) is 11.4 Å². The van der Waals surface area contributed by atoms with Gasteiger partial charge in [0.1, 0.15) is 0 Å². The minimum absolute atomic E-state index is 0.144. The molecule has 0 aliphatic heterocycles. The Bertz CT molecular complexity index is 472. The van der Waals surface area contributed by atoms with Crippen LogP contribution < -0.4 is 16.4 Å². The van der Waals surface area contributed by atoms with Crippen LogP contribution in [0.2, 0.25) is 0 Å². The van der Waals surface area contributed by atoms with Crippen LogP contribution in [0.1, 0.15) is 32.3 Å². The second-order valence-corrected chi connectivity index (χ2v) is 4.60. The molecule has 5 heteroatoms. The number of aryl methyl sites for hydroxylation is 1. The van der Waals surface area contributed by atoms with Crippen LogP contribution in [0.15, 0.2) is 18.2 Å². The van der Waals surface area contributed by atoms with Crippen molar-refractivity contribution in [2.45, 2.75) is 39.7 Å². The van der Waals surface area contributed by atoms with Crippen LogP contribution in [-0.2, 0) is 9.59 Å². The number of rotatable bonds is 5. The van der Waals surface area contributed by atoms with Gasteiger partial charge in [-0.1, -0.05) is 19.4 Å². The average Bonchev–Trinajstić information content (AvgIpc) is 2.33. The minimum Gasteiger partial charge on any atom is -0.326 e. The van der Waals surface area contributed by atoms with Crippen molar-refractivity contribution in [3.8, 4) is 0 Å². The third kappa shape index (κ3) is 4.71. The summed E-state index contributed by atoms with van der Waals surface area (Å²) in [5.41, 5.74) is 8.00. The van der Waals surface area contributed by atoms with Gasteiger partial charge >= 0.3 is 0 Å². The smallest absolute Gasteiger partial charge is 0.241 e. The van der Waals surface area contributed by atoms with E-state index in [9.17, 15) is 9.59 Å². The van der Waals surface area contributed by atoms with Crippen LogP contribution in [0.25, 0.3) is 0 Å². The van der Waals surface area contributed by atoms with Crippen LogP contribution in [0, 0.1) is 6.92 Å². The molecule has 19 heavy (non-hydrogen) atoms. The predicted octanol–water partition coefficient (Wildman–Crippen LogP) is 2.02. The normalized spacial score (nSPS) is 11.8. The first-order valence-corrected chi connectivity index (χ1v) is 6.38. The highest BCUT2D eigenvalue weighted by Crippen LogP contribution is 2.20. The van der Waals surface area contributed by atoms with Crippen molar-refractivity contribution in [3.05, 3.63) is 23.8 Å². The Hall–Kier alpha value is -1.88. The lowest BCUT2D eigenvalue weighted by atomic mass is 10.1. The summed E-state index contributed by atoms with van der Waals surface area (Å²) in [5, 5.41) is 5.47. The van der Waals surface area contributed by atoms with Crippen molar-refractivity contribution in [1.82, 2.24) is 0 Å². The molecule has 0 fully saturated rings. The molecule has 1 unspecified atom stereocenters. The summed E-state index contributed by atoms with van der Waals surface area (Å²) >= 11 is 0. The van der Waals surface area contributed by atoms with Gasteiger partial charge in [-0.3, -0.25) is 9.59 Å². The van der Waals surface area contributed by atoms with Gasteiger partial charge < -0.3 is 16.4 Å². The number of nitrogens with one attached hydrogen (secondary N) is 2. The highest BCUT2D eigenvalue weighted by molar-refractivity contribution is 5.96. The van der Waals surface area contributed by atoms with E-state index in [4.69, 9.17) is 5.73 Å². The van der Waals surface area contributed by atoms with Gasteiger partial charge in [0.05, 0.1) is 6.04 Å². The molecule has 0 radical (unpaired) electrons. The fraction of sp³-hybridized carbons (Fsp3) is 0.429. The van der Waals surface area contributed by atoms with Crippen molar-refractivity contribution in [1.29, 1.82) is 0 Å². The average molecular weight is 263 g/mol. The molecule has 1 aromatic rings. The lowest BCUT2D eigenvalue weighted by Crippen LogP contribution is -2.35. The van der Waals surface area contributed by atoms with E-state index in [1.807, 2.05) is 19.9 Å². The molecule has 1 aromatic carbocycles. The molecule has 1 atom stereocenters. The maximum absolute atomic E-state index is 11.8. The lowest BCUT2D eigenvalue weighted by molar-refractivity contribution is -0.117. The largest absolute Gasteiger partial charge is 0.326 e. The Morgan fingerprint density at radius 2 is 2.00 bits per heavy atom. The monoisotopic (exact) mass is 263 g/mol. The summed E-state index contributed by atoms with van der Waals surface area (Å²) in [6, 6.07) is 4.85. The zero-order valence-electron chi connectivity index (χ0n) is 11.6. The third-order valence-electron chi connectivity index (χ3n) is 2.75. The number of amides is 2. The first-order valence-electron chi connectivity index (χ1n) is 6.38. The number of benzene rings is 1. The number of nitrogens with two attached hydrogens (primary N) is 1. The molecule has 0 aromatic heterocycles. The Morgan fingerprint density at radius 1 is 1.32 bits per heavy atom. The van der Waals surface area contributed by atoms with E-state index in [1.165, 1.54) is 6.92 Å². The van der Waals surface area contributed by atoms with Crippen LogP contribution in [0.5, 0.6) is 0 Å². The summed E-state index contributed by atoms with van der Waals surface area (Å²) in [5.74, 6) is -0.353. The van der Waals surface area contributed by atoms with E-state index in [-0.39, 0.29) is 11.8 Å². The first-order chi connectivity index (χ1) is 8.93. The topological polar surface area (TPSA) is 84.2 Å². The fourth-order valence-electron chi connectivity index (χ4n) is 1.70. The molecule has 104 valence electrons. The predicted molar refractivity (Wildman–Crippen MR) is 77.0 cm³/mol. The first kappa shape index (κ1) is 15.2. The molecule has 0 bridgehead atoms. The Morgan fingerprint density at radius 3 is 2.58 bits per heavy atom. The van der Waals surface area contributed by atoms with E-state index in [0.29, 0.717) is 17.8 Å². The van der Waals surface area contributed by atoms with E-state index in [2.05, 4.69) is 10.6 Å². The van der Waals surface area contributed by atoms with E-state index >= 15 is 0 Å². The van der Waals surface area contributed by atoms with Crippen molar-refractivity contribution in [2.75, 3.05) is 10.6 Å². The van der Waals surface area contributed by atoms with Crippen LogP contribution >= 0.6 is 0 Å². The lowest BCUT2D eigenvalue weighted by Gasteiger charge is -2.13. The molecular formula is C14H21N3O2. The van der Waals surface area contributed by atoms with Gasteiger partial charge in [-0.05, 0) is 31.0 Å². The van der Waals surface area contributed by atoms with E-state index in [1.54, 1.807) is 12.1 Å². The number of anilines is 2. The number of hydrogen-bond acceptors (Lipinski definition) is 3. The molecule has 4 N–H and O–H groups in total. The van der Waals surface area contributed by atoms with Gasteiger partial charge in [0, 0.05) is 18.3 Å². The van der Waals surface area contributed by atoms with Crippen molar-refractivity contribution in [3.63, 3.8) is 0 Å². The summed E-state index contributed by atoms with van der Waals surface area (Å²) in [7, 11) is 0. The molecule has 0 aliphatic rings. The van der Waals surface area contributed by atoms with Crippen molar-refractivity contribution in [2.24, 2.45) is 5.73 Å². The van der Waals surface area contributed by atoms with Crippen molar-refractivity contribution < 1.29 is 9.59 Å². The van der Waals surface area contributed by atoms with Gasteiger partial charge in [-0.25, -0.2) is 0 Å².